The maximum Gasteiger partial charge on any atom is 0.0972 e. The van der Waals surface area contributed by atoms with Gasteiger partial charge in [0.2, 0.25) is 0 Å². The van der Waals surface area contributed by atoms with E-state index in [4.69, 9.17) is 9.97 Å². The van der Waals surface area contributed by atoms with Crippen LogP contribution < -0.4 is 0 Å². The van der Waals surface area contributed by atoms with Crippen molar-refractivity contribution in [2.24, 2.45) is 0 Å². The molecule has 2 heterocycles. The van der Waals surface area contributed by atoms with Gasteiger partial charge in [-0.15, -0.1) is 0 Å². The molecule has 0 spiro atoms. The molecule has 0 aliphatic heterocycles. The van der Waals surface area contributed by atoms with Crippen LogP contribution in [0.5, 0.6) is 0 Å². The average molecular weight is 436 g/mol. The fourth-order valence-corrected chi connectivity index (χ4v) is 5.12. The van der Waals surface area contributed by atoms with Crippen LogP contribution in [-0.2, 0) is 0 Å². The lowest BCUT2D eigenvalue weighted by molar-refractivity contribution is 1.17. The van der Waals surface area contributed by atoms with Crippen molar-refractivity contribution in [1.29, 1.82) is 0 Å². The first-order valence-electron chi connectivity index (χ1n) is 11.5. The molecule has 7 aromatic rings. The molecule has 0 saturated carbocycles. The summed E-state index contributed by atoms with van der Waals surface area (Å²) < 4.78 is 2.34. The van der Waals surface area contributed by atoms with Gasteiger partial charge < -0.3 is 4.57 Å². The van der Waals surface area contributed by atoms with Crippen LogP contribution in [-0.4, -0.2) is 14.5 Å². The number of nitrogens with zero attached hydrogens (tertiary/aromatic N) is 3. The molecule has 7 rings (SSSR count). The number of aryl methyl sites for hydroxylation is 1. The summed E-state index contributed by atoms with van der Waals surface area (Å²) in [5, 5.41) is 4.80. The fourth-order valence-electron chi connectivity index (χ4n) is 5.12. The third-order valence-electron chi connectivity index (χ3n) is 6.70. The van der Waals surface area contributed by atoms with Crippen molar-refractivity contribution in [3.63, 3.8) is 0 Å². The normalized spacial score (nSPS) is 11.7. The lowest BCUT2D eigenvalue weighted by atomic mass is 10.0. The largest absolute Gasteiger partial charge is 0.309 e. The molecular weight excluding hydrogens is 414 g/mol. The minimum atomic E-state index is 0.927. The van der Waals surface area contributed by atoms with Gasteiger partial charge in [0.15, 0.2) is 0 Å². The van der Waals surface area contributed by atoms with Crippen molar-refractivity contribution in [2.75, 3.05) is 0 Å². The Morgan fingerprint density at radius 1 is 0.588 bits per heavy atom. The van der Waals surface area contributed by atoms with Crippen LogP contribution in [0, 0.1) is 6.92 Å². The standard InChI is InChI=1S/C31H21N3/c1-20-30(33-31-24-12-6-5-9-21(24)16-18-27(31)32-20)22-15-17-26-25-13-7-8-14-28(25)34(29(26)19-22)23-10-3-2-4-11-23/h2-19H,1H3. The Kier molecular flexibility index (Phi) is 4.06. The van der Waals surface area contributed by atoms with Crippen LogP contribution >= 0.6 is 0 Å². The highest BCUT2D eigenvalue weighted by Gasteiger charge is 2.15. The SMILES string of the molecule is Cc1nc2ccc3ccccc3c2nc1-c1ccc2c3ccccc3n(-c3ccccc3)c2c1. The van der Waals surface area contributed by atoms with Crippen molar-refractivity contribution in [3.8, 4) is 16.9 Å². The maximum atomic E-state index is 5.16. The molecular formula is C31H21N3. The number of hydrogen-bond acceptors (Lipinski definition) is 2. The first kappa shape index (κ1) is 19.0. The van der Waals surface area contributed by atoms with Gasteiger partial charge in [0.1, 0.15) is 0 Å². The summed E-state index contributed by atoms with van der Waals surface area (Å²) in [6.07, 6.45) is 0. The molecule has 0 aliphatic rings. The van der Waals surface area contributed by atoms with Gasteiger partial charge in [-0.2, -0.15) is 0 Å². The molecule has 5 aromatic carbocycles. The second kappa shape index (κ2) is 7.26. The molecule has 3 heteroatoms. The average Bonchev–Trinajstić information content (AvgIpc) is 3.22. The molecule has 160 valence electrons. The van der Waals surface area contributed by atoms with Crippen molar-refractivity contribution in [3.05, 3.63) is 115 Å². The molecule has 3 nitrogen and oxygen atoms in total. The number of hydrogen-bond donors (Lipinski definition) is 0. The van der Waals surface area contributed by atoms with Gasteiger partial charge in [-0.25, -0.2) is 9.97 Å². The third-order valence-corrected chi connectivity index (χ3v) is 6.70. The Hall–Kier alpha value is -4.50. The molecule has 0 radical (unpaired) electrons. The Morgan fingerprint density at radius 2 is 1.32 bits per heavy atom. The highest BCUT2D eigenvalue weighted by molar-refractivity contribution is 6.10. The number of aromatic nitrogens is 3. The zero-order chi connectivity index (χ0) is 22.6. The summed E-state index contributed by atoms with van der Waals surface area (Å²) >= 11 is 0. The molecule has 0 N–H and O–H groups in total. The van der Waals surface area contributed by atoms with E-state index in [0.29, 0.717) is 0 Å². The van der Waals surface area contributed by atoms with Gasteiger partial charge in [-0.3, -0.25) is 0 Å². The van der Waals surface area contributed by atoms with E-state index in [-0.39, 0.29) is 0 Å². The number of benzene rings is 5. The van der Waals surface area contributed by atoms with Gasteiger partial charge in [0, 0.05) is 27.4 Å². The predicted octanol–water partition coefficient (Wildman–Crippen LogP) is 7.86. The predicted molar refractivity (Wildman–Crippen MR) is 142 cm³/mol. The Morgan fingerprint density at radius 3 is 2.21 bits per heavy atom. The van der Waals surface area contributed by atoms with Crippen molar-refractivity contribution in [1.82, 2.24) is 14.5 Å². The number of para-hydroxylation sites is 2. The molecule has 0 bridgehead atoms. The second-order valence-electron chi connectivity index (χ2n) is 8.73. The molecule has 0 atom stereocenters. The maximum absolute atomic E-state index is 5.16. The summed E-state index contributed by atoms with van der Waals surface area (Å²) in [6, 6.07) is 38.4. The van der Waals surface area contributed by atoms with Crippen LogP contribution in [0.15, 0.2) is 109 Å². The second-order valence-corrected chi connectivity index (χ2v) is 8.73. The Balaban J connectivity index is 1.54. The van der Waals surface area contributed by atoms with E-state index in [1.165, 1.54) is 27.2 Å². The van der Waals surface area contributed by atoms with Crippen LogP contribution in [0.1, 0.15) is 5.69 Å². The third kappa shape index (κ3) is 2.77. The molecule has 0 unspecified atom stereocenters. The highest BCUT2D eigenvalue weighted by Crippen LogP contribution is 2.35. The van der Waals surface area contributed by atoms with Crippen molar-refractivity contribution in [2.45, 2.75) is 6.92 Å². The van der Waals surface area contributed by atoms with E-state index >= 15 is 0 Å². The first-order valence-corrected chi connectivity index (χ1v) is 11.5. The smallest absolute Gasteiger partial charge is 0.0972 e. The summed E-state index contributed by atoms with van der Waals surface area (Å²) in [5.41, 5.74) is 8.34. The molecule has 0 aliphatic carbocycles. The first-order chi connectivity index (χ1) is 16.8. The monoisotopic (exact) mass is 435 g/mol. The molecule has 34 heavy (non-hydrogen) atoms. The van der Waals surface area contributed by atoms with Crippen LogP contribution in [0.25, 0.3) is 60.6 Å². The van der Waals surface area contributed by atoms with Crippen molar-refractivity contribution < 1.29 is 0 Å². The van der Waals surface area contributed by atoms with Crippen LogP contribution in [0.4, 0.5) is 0 Å². The Bertz CT molecular complexity index is 1860. The Labute approximate surface area is 196 Å². The van der Waals surface area contributed by atoms with Gasteiger partial charge in [-0.1, -0.05) is 78.9 Å². The molecule has 2 aromatic heterocycles. The summed E-state index contributed by atoms with van der Waals surface area (Å²) in [6.45, 7) is 2.05. The summed E-state index contributed by atoms with van der Waals surface area (Å²) in [5.74, 6) is 0. The highest BCUT2D eigenvalue weighted by atomic mass is 15.0. The molecule has 0 saturated heterocycles. The van der Waals surface area contributed by atoms with E-state index in [1.54, 1.807) is 0 Å². The quantitative estimate of drug-likeness (QED) is 0.259. The number of rotatable bonds is 2. The molecule has 0 amide bonds. The summed E-state index contributed by atoms with van der Waals surface area (Å²) in [4.78, 5) is 10.1. The van der Waals surface area contributed by atoms with E-state index in [2.05, 4.69) is 114 Å². The van der Waals surface area contributed by atoms with E-state index < -0.39 is 0 Å². The lowest BCUT2D eigenvalue weighted by Crippen LogP contribution is -1.96. The van der Waals surface area contributed by atoms with E-state index in [1.807, 2.05) is 6.92 Å². The lowest BCUT2D eigenvalue weighted by Gasteiger charge is -2.11. The topological polar surface area (TPSA) is 30.7 Å². The summed E-state index contributed by atoms with van der Waals surface area (Å²) in [7, 11) is 0. The van der Waals surface area contributed by atoms with Crippen LogP contribution in [0.3, 0.4) is 0 Å². The molecule has 0 fully saturated rings. The van der Waals surface area contributed by atoms with Gasteiger partial charge >= 0.3 is 0 Å². The van der Waals surface area contributed by atoms with Crippen LogP contribution in [0.2, 0.25) is 0 Å². The minimum Gasteiger partial charge on any atom is -0.309 e. The van der Waals surface area contributed by atoms with Gasteiger partial charge in [-0.05, 0) is 42.6 Å². The van der Waals surface area contributed by atoms with Gasteiger partial charge in [0.25, 0.3) is 0 Å². The van der Waals surface area contributed by atoms with Gasteiger partial charge in [0.05, 0.1) is 33.5 Å². The minimum absolute atomic E-state index is 0.927. The zero-order valence-electron chi connectivity index (χ0n) is 18.7. The fraction of sp³-hybridized carbons (Fsp3) is 0.0323. The van der Waals surface area contributed by atoms with E-state index in [9.17, 15) is 0 Å². The van der Waals surface area contributed by atoms with E-state index in [0.717, 1.165) is 39.1 Å². The van der Waals surface area contributed by atoms with Crippen molar-refractivity contribution >= 4 is 43.6 Å². The zero-order valence-corrected chi connectivity index (χ0v) is 18.7. The number of fused-ring (bicyclic) bond motifs is 6.